The molecule has 1 N–H and O–H groups in total. The lowest BCUT2D eigenvalue weighted by molar-refractivity contribution is 0.402. The van der Waals surface area contributed by atoms with Crippen LogP contribution in [0.25, 0.3) is 10.9 Å². The molecule has 0 fully saturated rings. The predicted molar refractivity (Wildman–Crippen MR) is 104 cm³/mol. The van der Waals surface area contributed by atoms with Crippen LogP contribution in [0.3, 0.4) is 0 Å². The number of aryl methyl sites for hydroxylation is 3. The van der Waals surface area contributed by atoms with Crippen molar-refractivity contribution in [2.24, 2.45) is 7.05 Å². The first-order valence-corrected chi connectivity index (χ1v) is 9.99. The Bertz CT molecular complexity index is 1050. The van der Waals surface area contributed by atoms with Gasteiger partial charge in [-0.2, -0.15) is 0 Å². The smallest absolute Gasteiger partial charge is 0.244 e. The van der Waals surface area contributed by atoms with Crippen LogP contribution in [-0.2, 0) is 23.5 Å². The normalized spacial score (nSPS) is 11.8. The molecule has 0 aliphatic heterocycles. The van der Waals surface area contributed by atoms with Gasteiger partial charge in [0.1, 0.15) is 10.6 Å². The molecule has 2 aromatic carbocycles. The molecule has 0 saturated carbocycles. The van der Waals surface area contributed by atoms with E-state index in [0.29, 0.717) is 18.7 Å². The monoisotopic (exact) mass is 372 g/mol. The largest absolute Gasteiger partial charge is 0.495 e. The number of nitrogens with zero attached hydrogens (tertiary/aromatic N) is 1. The number of benzene rings is 2. The van der Waals surface area contributed by atoms with E-state index in [9.17, 15) is 8.42 Å². The van der Waals surface area contributed by atoms with Crippen LogP contribution in [0.4, 0.5) is 0 Å². The number of para-hydroxylation sites is 1. The Balaban J connectivity index is 1.80. The standard InChI is InChI=1S/C20H24N2O3S/c1-14-11-19(25-4)20(12-15(14)2)26(23,24)21-10-9-16-13-22(3)18-8-6-5-7-17(16)18/h5-8,11-13,21H,9-10H2,1-4H3. The highest BCUT2D eigenvalue weighted by Gasteiger charge is 2.20. The highest BCUT2D eigenvalue weighted by atomic mass is 32.2. The van der Waals surface area contributed by atoms with Gasteiger partial charge in [0.2, 0.25) is 10.0 Å². The molecule has 3 aromatic rings. The summed E-state index contributed by atoms with van der Waals surface area (Å²) in [5, 5.41) is 1.15. The van der Waals surface area contributed by atoms with Gasteiger partial charge in [0, 0.05) is 30.7 Å². The molecular weight excluding hydrogens is 348 g/mol. The molecule has 0 spiro atoms. The van der Waals surface area contributed by atoms with Gasteiger partial charge in [0.05, 0.1) is 7.11 Å². The summed E-state index contributed by atoms with van der Waals surface area (Å²) in [6.45, 7) is 4.15. The third kappa shape index (κ3) is 3.48. The number of sulfonamides is 1. The molecule has 0 aliphatic rings. The summed E-state index contributed by atoms with van der Waals surface area (Å²) >= 11 is 0. The minimum absolute atomic E-state index is 0.181. The molecule has 0 atom stereocenters. The lowest BCUT2D eigenvalue weighted by atomic mass is 10.1. The van der Waals surface area contributed by atoms with Crippen molar-refractivity contribution in [1.82, 2.24) is 9.29 Å². The van der Waals surface area contributed by atoms with Gasteiger partial charge < -0.3 is 9.30 Å². The van der Waals surface area contributed by atoms with Crippen molar-refractivity contribution in [3.8, 4) is 5.75 Å². The van der Waals surface area contributed by atoms with Gasteiger partial charge in [-0.05, 0) is 55.2 Å². The van der Waals surface area contributed by atoms with Crippen LogP contribution in [0.1, 0.15) is 16.7 Å². The zero-order valence-electron chi connectivity index (χ0n) is 15.5. The second-order valence-electron chi connectivity index (χ2n) is 6.52. The molecule has 6 heteroatoms. The molecule has 0 radical (unpaired) electrons. The Hall–Kier alpha value is -2.31. The topological polar surface area (TPSA) is 60.3 Å². The highest BCUT2D eigenvalue weighted by molar-refractivity contribution is 7.89. The number of methoxy groups -OCH3 is 1. The number of aromatic nitrogens is 1. The molecule has 138 valence electrons. The third-order valence-corrected chi connectivity index (χ3v) is 6.22. The van der Waals surface area contributed by atoms with Gasteiger partial charge in [-0.15, -0.1) is 0 Å². The quantitative estimate of drug-likeness (QED) is 0.722. The summed E-state index contributed by atoms with van der Waals surface area (Å²) in [4.78, 5) is 0.181. The lowest BCUT2D eigenvalue weighted by Crippen LogP contribution is -2.26. The van der Waals surface area contributed by atoms with Crippen LogP contribution in [0.2, 0.25) is 0 Å². The Labute approximate surface area is 154 Å². The van der Waals surface area contributed by atoms with Crippen molar-refractivity contribution < 1.29 is 13.2 Å². The number of hydrogen-bond donors (Lipinski definition) is 1. The average Bonchev–Trinajstić information content (AvgIpc) is 2.93. The van der Waals surface area contributed by atoms with Gasteiger partial charge in [-0.25, -0.2) is 13.1 Å². The van der Waals surface area contributed by atoms with Crippen molar-refractivity contribution in [2.75, 3.05) is 13.7 Å². The minimum atomic E-state index is -3.64. The van der Waals surface area contributed by atoms with Crippen molar-refractivity contribution >= 4 is 20.9 Å². The first kappa shape index (κ1) is 18.5. The van der Waals surface area contributed by atoms with E-state index >= 15 is 0 Å². The van der Waals surface area contributed by atoms with Crippen LogP contribution in [0.5, 0.6) is 5.75 Å². The van der Waals surface area contributed by atoms with Crippen LogP contribution < -0.4 is 9.46 Å². The van der Waals surface area contributed by atoms with Gasteiger partial charge >= 0.3 is 0 Å². The van der Waals surface area contributed by atoms with Gasteiger partial charge in [0.15, 0.2) is 0 Å². The molecule has 1 aromatic heterocycles. The summed E-state index contributed by atoms with van der Waals surface area (Å²) < 4.78 is 35.5. The van der Waals surface area contributed by atoms with E-state index in [4.69, 9.17) is 4.74 Å². The average molecular weight is 372 g/mol. The fourth-order valence-electron chi connectivity index (χ4n) is 3.16. The van der Waals surface area contributed by atoms with E-state index in [-0.39, 0.29) is 4.90 Å². The molecule has 0 aliphatic carbocycles. The first-order chi connectivity index (χ1) is 12.3. The third-order valence-electron chi connectivity index (χ3n) is 4.74. The zero-order valence-corrected chi connectivity index (χ0v) is 16.4. The Morgan fingerprint density at radius 3 is 2.54 bits per heavy atom. The molecule has 26 heavy (non-hydrogen) atoms. The number of hydrogen-bond acceptors (Lipinski definition) is 3. The number of ether oxygens (including phenoxy) is 1. The van der Waals surface area contributed by atoms with Gasteiger partial charge in [0.25, 0.3) is 0 Å². The van der Waals surface area contributed by atoms with E-state index in [1.165, 1.54) is 7.11 Å². The van der Waals surface area contributed by atoms with E-state index in [2.05, 4.69) is 27.6 Å². The van der Waals surface area contributed by atoms with Crippen LogP contribution in [-0.4, -0.2) is 26.6 Å². The molecule has 0 bridgehead atoms. The number of rotatable bonds is 6. The maximum atomic E-state index is 12.7. The van der Waals surface area contributed by atoms with Gasteiger partial charge in [-0.1, -0.05) is 18.2 Å². The number of fused-ring (bicyclic) bond motifs is 1. The molecule has 0 saturated heterocycles. The summed E-state index contributed by atoms with van der Waals surface area (Å²) in [5.74, 6) is 0.366. The fourth-order valence-corrected chi connectivity index (χ4v) is 4.42. The number of nitrogens with one attached hydrogen (secondary N) is 1. The van der Waals surface area contributed by atoms with Crippen molar-refractivity contribution in [3.63, 3.8) is 0 Å². The maximum absolute atomic E-state index is 12.7. The summed E-state index contributed by atoms with van der Waals surface area (Å²) in [7, 11) is -0.159. The minimum Gasteiger partial charge on any atom is -0.495 e. The lowest BCUT2D eigenvalue weighted by Gasteiger charge is -2.13. The van der Waals surface area contributed by atoms with Crippen LogP contribution in [0, 0.1) is 13.8 Å². The predicted octanol–water partition coefficient (Wildman–Crippen LogP) is 3.32. The summed E-state index contributed by atoms with van der Waals surface area (Å²) in [5.41, 5.74) is 4.18. The van der Waals surface area contributed by atoms with Crippen LogP contribution in [0.15, 0.2) is 47.5 Å². The van der Waals surface area contributed by atoms with Crippen molar-refractivity contribution in [1.29, 1.82) is 0 Å². The van der Waals surface area contributed by atoms with E-state index in [1.54, 1.807) is 12.1 Å². The molecule has 0 amide bonds. The molecule has 3 rings (SSSR count). The summed E-state index contributed by atoms with van der Waals surface area (Å²) in [6, 6.07) is 11.5. The van der Waals surface area contributed by atoms with E-state index < -0.39 is 10.0 Å². The second kappa shape index (κ2) is 7.13. The van der Waals surface area contributed by atoms with Crippen molar-refractivity contribution in [3.05, 3.63) is 59.3 Å². The Kier molecular flexibility index (Phi) is 5.07. The van der Waals surface area contributed by atoms with E-state index in [0.717, 1.165) is 27.6 Å². The molecule has 0 unspecified atom stereocenters. The zero-order chi connectivity index (χ0) is 18.9. The second-order valence-corrected chi connectivity index (χ2v) is 8.25. The van der Waals surface area contributed by atoms with Crippen LogP contribution >= 0.6 is 0 Å². The fraction of sp³-hybridized carbons (Fsp3) is 0.300. The molecule has 5 nitrogen and oxygen atoms in total. The SMILES string of the molecule is COc1cc(C)c(C)cc1S(=O)(=O)NCCc1cn(C)c2ccccc12. The van der Waals surface area contributed by atoms with Crippen molar-refractivity contribution in [2.45, 2.75) is 25.2 Å². The maximum Gasteiger partial charge on any atom is 0.244 e. The Morgan fingerprint density at radius 1 is 1.12 bits per heavy atom. The summed E-state index contributed by atoms with van der Waals surface area (Å²) in [6.07, 6.45) is 2.67. The molecule has 1 heterocycles. The first-order valence-electron chi connectivity index (χ1n) is 8.51. The van der Waals surface area contributed by atoms with E-state index in [1.807, 2.05) is 33.0 Å². The Morgan fingerprint density at radius 2 is 1.81 bits per heavy atom. The molecular formula is C20H24N2O3S. The highest BCUT2D eigenvalue weighted by Crippen LogP contribution is 2.27. The van der Waals surface area contributed by atoms with Gasteiger partial charge in [-0.3, -0.25) is 0 Å².